The maximum Gasteiger partial charge on any atom is 0.164 e. The number of ether oxygens (including phenoxy) is 1. The van der Waals surface area contributed by atoms with Crippen LogP contribution in [0.2, 0.25) is 0 Å². The monoisotopic (exact) mass is 745 g/mol. The Kier molecular flexibility index (Phi) is 7.42. The van der Waals surface area contributed by atoms with Crippen LogP contribution in [0, 0.1) is 0 Å². The standard InChI is InChI=1S/C53H35N3O2/c1-2-11-32(12-3-1)34-21-24-35(25-22-34)51-54-52(39-26-23-33-13-4-5-14-36(33)29-39)56-53(55-51)43-18-10-20-46-48(43)42-28-27-38(31-47(42)57-46)44-30-37-15-6-7-16-40(37)50-49(44)41-17-8-9-19-45(41)58-50/h1-21,23-31,34,46,48H,22H2. The van der Waals surface area contributed by atoms with Crippen molar-refractivity contribution in [2.24, 2.45) is 0 Å². The summed E-state index contributed by atoms with van der Waals surface area (Å²) < 4.78 is 13.3. The molecule has 58 heavy (non-hydrogen) atoms. The summed E-state index contributed by atoms with van der Waals surface area (Å²) in [4.78, 5) is 15.6. The smallest absolute Gasteiger partial charge is 0.164 e. The summed E-state index contributed by atoms with van der Waals surface area (Å²) in [7, 11) is 0. The minimum Gasteiger partial charge on any atom is -0.485 e. The van der Waals surface area contributed by atoms with Crippen molar-refractivity contribution < 1.29 is 9.15 Å². The maximum atomic E-state index is 6.81. The summed E-state index contributed by atoms with van der Waals surface area (Å²) >= 11 is 0. The Morgan fingerprint density at radius 3 is 2.22 bits per heavy atom. The second-order valence-corrected chi connectivity index (χ2v) is 15.4. The minimum absolute atomic E-state index is 0.0848. The molecule has 9 aromatic rings. The van der Waals surface area contributed by atoms with Crippen LogP contribution in [0.25, 0.3) is 77.1 Å². The lowest BCUT2D eigenvalue weighted by atomic mass is 9.83. The molecule has 3 unspecified atom stereocenters. The molecule has 3 aliphatic rings. The molecule has 3 heterocycles. The molecule has 1 aliphatic heterocycles. The van der Waals surface area contributed by atoms with Gasteiger partial charge in [-0.2, -0.15) is 0 Å². The van der Waals surface area contributed by atoms with E-state index in [4.69, 9.17) is 24.1 Å². The molecule has 0 radical (unpaired) electrons. The third-order valence-corrected chi connectivity index (χ3v) is 12.0. The van der Waals surface area contributed by atoms with E-state index >= 15 is 0 Å². The fraction of sp³-hybridized carbons (Fsp3) is 0.0755. The first-order chi connectivity index (χ1) is 28.7. The molecule has 0 N–H and O–H groups in total. The topological polar surface area (TPSA) is 61.0 Å². The largest absolute Gasteiger partial charge is 0.485 e. The molecule has 0 amide bonds. The highest BCUT2D eigenvalue weighted by Crippen LogP contribution is 2.50. The Morgan fingerprint density at radius 2 is 1.34 bits per heavy atom. The van der Waals surface area contributed by atoms with Crippen LogP contribution in [-0.2, 0) is 0 Å². The van der Waals surface area contributed by atoms with Crippen LogP contribution in [0.4, 0.5) is 0 Å². The summed E-state index contributed by atoms with van der Waals surface area (Å²) in [5.74, 6) is 3.08. The van der Waals surface area contributed by atoms with E-state index in [1.807, 2.05) is 12.1 Å². The minimum atomic E-state index is -0.193. The molecule has 7 aromatic carbocycles. The molecule has 0 saturated heterocycles. The van der Waals surface area contributed by atoms with Crippen LogP contribution < -0.4 is 4.74 Å². The summed E-state index contributed by atoms with van der Waals surface area (Å²) in [5, 5.41) is 6.79. The third kappa shape index (κ3) is 5.35. The molecule has 5 nitrogen and oxygen atoms in total. The summed E-state index contributed by atoms with van der Waals surface area (Å²) in [6, 6.07) is 51.2. The second kappa shape index (κ2) is 13.1. The second-order valence-electron chi connectivity index (χ2n) is 15.4. The Morgan fingerprint density at radius 1 is 0.586 bits per heavy atom. The van der Waals surface area contributed by atoms with Gasteiger partial charge in [-0.25, -0.2) is 15.0 Å². The summed E-state index contributed by atoms with van der Waals surface area (Å²) in [5.41, 5.74) is 9.39. The molecule has 2 aliphatic carbocycles. The van der Waals surface area contributed by atoms with Gasteiger partial charge in [0.05, 0.1) is 5.92 Å². The van der Waals surface area contributed by atoms with Crippen molar-refractivity contribution in [2.75, 3.05) is 0 Å². The number of para-hydroxylation sites is 1. The zero-order valence-corrected chi connectivity index (χ0v) is 31.4. The fourth-order valence-corrected chi connectivity index (χ4v) is 9.15. The number of aromatic nitrogens is 3. The Balaban J connectivity index is 0.964. The molecule has 12 rings (SSSR count). The van der Waals surface area contributed by atoms with Crippen LogP contribution in [0.15, 0.2) is 186 Å². The zero-order valence-electron chi connectivity index (χ0n) is 31.4. The van der Waals surface area contributed by atoms with E-state index in [9.17, 15) is 0 Å². The van der Waals surface area contributed by atoms with E-state index in [0.29, 0.717) is 23.4 Å². The zero-order chi connectivity index (χ0) is 38.2. The molecule has 0 fully saturated rings. The molecule has 0 spiro atoms. The first-order valence-electron chi connectivity index (χ1n) is 19.9. The van der Waals surface area contributed by atoms with Gasteiger partial charge in [0.1, 0.15) is 23.0 Å². The van der Waals surface area contributed by atoms with Gasteiger partial charge in [-0.15, -0.1) is 0 Å². The number of furan rings is 1. The Labute approximate surface area is 335 Å². The highest BCUT2D eigenvalue weighted by atomic mass is 16.5. The number of hydrogen-bond donors (Lipinski definition) is 0. The molecule has 2 aromatic heterocycles. The van der Waals surface area contributed by atoms with E-state index in [1.165, 1.54) is 10.9 Å². The molecular formula is C53H35N3O2. The van der Waals surface area contributed by atoms with Gasteiger partial charge in [-0.05, 0) is 69.6 Å². The van der Waals surface area contributed by atoms with Gasteiger partial charge < -0.3 is 9.15 Å². The maximum absolute atomic E-state index is 6.81. The summed E-state index contributed by atoms with van der Waals surface area (Å²) in [6.07, 6.45) is 13.8. The summed E-state index contributed by atoms with van der Waals surface area (Å²) in [6.45, 7) is 0. The lowest BCUT2D eigenvalue weighted by molar-refractivity contribution is 0.271. The van der Waals surface area contributed by atoms with Crippen LogP contribution in [0.5, 0.6) is 5.75 Å². The number of fused-ring (bicyclic) bond motifs is 9. The molecule has 274 valence electrons. The number of rotatable bonds is 5. The lowest BCUT2D eigenvalue weighted by Gasteiger charge is -2.22. The average molecular weight is 746 g/mol. The number of allylic oxidation sites excluding steroid dienone is 6. The fourth-order valence-electron chi connectivity index (χ4n) is 9.15. The van der Waals surface area contributed by atoms with Gasteiger partial charge in [-0.1, -0.05) is 152 Å². The average Bonchev–Trinajstić information content (AvgIpc) is 3.88. The molecule has 3 atom stereocenters. The van der Waals surface area contributed by atoms with E-state index in [-0.39, 0.29) is 12.0 Å². The van der Waals surface area contributed by atoms with Crippen LogP contribution >= 0.6 is 0 Å². The highest BCUT2D eigenvalue weighted by Gasteiger charge is 2.39. The quantitative estimate of drug-likeness (QED) is 0.176. The van der Waals surface area contributed by atoms with Crippen molar-refractivity contribution in [2.45, 2.75) is 24.4 Å². The van der Waals surface area contributed by atoms with Gasteiger partial charge in [0.2, 0.25) is 0 Å². The van der Waals surface area contributed by atoms with Gasteiger partial charge in [-0.3, -0.25) is 0 Å². The van der Waals surface area contributed by atoms with Crippen LogP contribution in [0.1, 0.15) is 41.0 Å². The predicted octanol–water partition coefficient (Wildman–Crippen LogP) is 13.0. The SMILES string of the molecule is C1=CC2Oc3cc(-c4cc5ccccc5c5oc6ccccc6c45)ccc3C2C(c2nc(C3=CCC(c4ccccc4)C=C3)nc(-c3ccc4ccccc4c3)n2)=C1. The van der Waals surface area contributed by atoms with Crippen LogP contribution in [-0.4, -0.2) is 21.1 Å². The van der Waals surface area contributed by atoms with Crippen molar-refractivity contribution in [3.63, 3.8) is 0 Å². The van der Waals surface area contributed by atoms with Crippen LogP contribution in [0.3, 0.4) is 0 Å². The van der Waals surface area contributed by atoms with Crippen molar-refractivity contribution in [1.29, 1.82) is 0 Å². The number of benzene rings is 7. The van der Waals surface area contributed by atoms with Crippen molar-refractivity contribution in [1.82, 2.24) is 15.0 Å². The molecular weight excluding hydrogens is 711 g/mol. The van der Waals surface area contributed by atoms with Gasteiger partial charge in [0, 0.05) is 44.3 Å². The normalized spacial score (nSPS) is 18.3. The van der Waals surface area contributed by atoms with E-state index in [1.54, 1.807) is 0 Å². The van der Waals surface area contributed by atoms with E-state index < -0.39 is 0 Å². The van der Waals surface area contributed by atoms with E-state index in [2.05, 4.69) is 170 Å². The predicted molar refractivity (Wildman–Crippen MR) is 235 cm³/mol. The van der Waals surface area contributed by atoms with Gasteiger partial charge >= 0.3 is 0 Å². The molecule has 0 bridgehead atoms. The molecule has 0 saturated carbocycles. The third-order valence-electron chi connectivity index (χ3n) is 12.0. The van der Waals surface area contributed by atoms with Gasteiger partial charge in [0.15, 0.2) is 17.5 Å². The first kappa shape index (κ1) is 32.8. The van der Waals surface area contributed by atoms with E-state index in [0.717, 1.165) is 83.7 Å². The highest BCUT2D eigenvalue weighted by molar-refractivity contribution is 6.21. The Bertz CT molecular complexity index is 3260. The first-order valence-corrected chi connectivity index (χ1v) is 19.9. The molecule has 5 heteroatoms. The van der Waals surface area contributed by atoms with Crippen molar-refractivity contribution in [3.05, 3.63) is 205 Å². The van der Waals surface area contributed by atoms with Crippen molar-refractivity contribution >= 4 is 54.6 Å². The van der Waals surface area contributed by atoms with Gasteiger partial charge in [0.25, 0.3) is 0 Å². The van der Waals surface area contributed by atoms with Crippen molar-refractivity contribution in [3.8, 4) is 28.3 Å². The number of nitrogens with zero attached hydrogens (tertiary/aromatic N) is 3. The Hall–Kier alpha value is -7.37. The number of hydrogen-bond acceptors (Lipinski definition) is 5. The lowest BCUT2D eigenvalue weighted by Crippen LogP contribution is -2.21.